The molecule has 2 N–H and O–H groups in total. The van der Waals surface area contributed by atoms with Crippen LogP contribution in [-0.4, -0.2) is 35.0 Å². The van der Waals surface area contributed by atoms with Gasteiger partial charge in [0.1, 0.15) is 5.56 Å². The van der Waals surface area contributed by atoms with Crippen molar-refractivity contribution >= 4 is 34.6 Å². The van der Waals surface area contributed by atoms with Gasteiger partial charge in [0.2, 0.25) is 5.43 Å². The normalized spacial score (nSPS) is 11.6. The van der Waals surface area contributed by atoms with Crippen LogP contribution in [0.1, 0.15) is 17.3 Å². The molecule has 2 aromatic rings. The molecule has 0 aliphatic heterocycles. The van der Waals surface area contributed by atoms with E-state index in [1.807, 2.05) is 0 Å². The molecule has 0 saturated carbocycles. The molecular weight excluding hydrogens is 373 g/mol. The Labute approximate surface area is 150 Å². The second-order valence-corrected chi connectivity index (χ2v) is 6.32. The summed E-state index contributed by atoms with van der Waals surface area (Å²) in [6.45, 7) is 2.50. The van der Waals surface area contributed by atoms with E-state index in [0.717, 1.165) is 11.1 Å². The number of nitrogens with zero attached hydrogens (tertiary/aromatic N) is 1. The highest BCUT2D eigenvalue weighted by Crippen LogP contribution is 2.23. The largest absolute Gasteiger partial charge is 0.491 e. The minimum atomic E-state index is -5.33. The Morgan fingerprint density at radius 2 is 2.00 bits per heavy atom. The third kappa shape index (κ3) is 4.25. The number of alkyl halides is 3. The molecule has 0 aliphatic rings. The van der Waals surface area contributed by atoms with Gasteiger partial charge in [-0.3, -0.25) is 4.79 Å². The molecule has 0 fully saturated rings. The molecule has 1 heterocycles. The summed E-state index contributed by atoms with van der Waals surface area (Å²) in [5.74, 6) is -3.70. The number of benzene rings is 1. The first-order valence-electron chi connectivity index (χ1n) is 7.52. The van der Waals surface area contributed by atoms with E-state index in [2.05, 4.69) is 4.74 Å². The zero-order valence-electron chi connectivity index (χ0n) is 13.6. The maximum Gasteiger partial charge on any atom is 0.491 e. The number of pyridine rings is 1. The van der Waals surface area contributed by atoms with Crippen LogP contribution in [0.15, 0.2) is 34.1 Å². The lowest BCUT2D eigenvalue weighted by Crippen LogP contribution is -2.30. The summed E-state index contributed by atoms with van der Waals surface area (Å²) in [7, 11) is 0. The SMILES string of the molecule is CCn1cc(C(=O)OC(=O)C(F)(F)F)c(=O)c2cc(SCCN)ccc21. The van der Waals surface area contributed by atoms with E-state index < -0.39 is 29.1 Å². The molecule has 0 aliphatic carbocycles. The molecule has 140 valence electrons. The van der Waals surface area contributed by atoms with Crippen molar-refractivity contribution in [1.82, 2.24) is 4.57 Å². The van der Waals surface area contributed by atoms with Gasteiger partial charge in [0.05, 0.1) is 5.52 Å². The smallest absolute Gasteiger partial charge is 0.382 e. The lowest BCUT2D eigenvalue weighted by atomic mass is 10.1. The summed E-state index contributed by atoms with van der Waals surface area (Å²) in [6, 6.07) is 4.99. The van der Waals surface area contributed by atoms with Crippen LogP contribution in [0.25, 0.3) is 10.9 Å². The van der Waals surface area contributed by atoms with E-state index >= 15 is 0 Å². The number of thioether (sulfide) groups is 1. The van der Waals surface area contributed by atoms with E-state index in [1.54, 1.807) is 19.1 Å². The van der Waals surface area contributed by atoms with Crippen LogP contribution in [0, 0.1) is 0 Å². The number of carbonyl (C=O) groups excluding carboxylic acids is 2. The molecule has 0 bridgehead atoms. The highest BCUT2D eigenvalue weighted by Gasteiger charge is 2.43. The minimum Gasteiger partial charge on any atom is -0.382 e. The van der Waals surface area contributed by atoms with Crippen LogP contribution in [0.4, 0.5) is 13.2 Å². The molecule has 0 saturated heterocycles. The zero-order valence-corrected chi connectivity index (χ0v) is 14.4. The van der Waals surface area contributed by atoms with Gasteiger partial charge in [-0.05, 0) is 25.1 Å². The molecule has 0 amide bonds. The molecule has 10 heteroatoms. The average molecular weight is 388 g/mol. The van der Waals surface area contributed by atoms with Crippen molar-refractivity contribution < 1.29 is 27.5 Å². The van der Waals surface area contributed by atoms with E-state index in [4.69, 9.17) is 5.73 Å². The highest BCUT2D eigenvalue weighted by atomic mass is 32.2. The number of aryl methyl sites for hydroxylation is 1. The third-order valence-electron chi connectivity index (χ3n) is 3.42. The lowest BCUT2D eigenvalue weighted by Gasteiger charge is -2.12. The van der Waals surface area contributed by atoms with Gasteiger partial charge in [-0.2, -0.15) is 13.2 Å². The monoisotopic (exact) mass is 388 g/mol. The summed E-state index contributed by atoms with van der Waals surface area (Å²) < 4.78 is 42.1. The van der Waals surface area contributed by atoms with Crippen LogP contribution in [0.2, 0.25) is 0 Å². The fourth-order valence-electron chi connectivity index (χ4n) is 2.25. The lowest BCUT2D eigenvalue weighted by molar-refractivity contribution is -0.193. The zero-order chi connectivity index (χ0) is 19.5. The van der Waals surface area contributed by atoms with E-state index in [1.165, 1.54) is 22.4 Å². The molecule has 1 aromatic heterocycles. The number of hydrogen-bond acceptors (Lipinski definition) is 6. The van der Waals surface area contributed by atoms with Crippen LogP contribution in [0.3, 0.4) is 0 Å². The quantitative estimate of drug-likeness (QED) is 0.480. The maximum absolute atomic E-state index is 12.6. The van der Waals surface area contributed by atoms with Crippen LogP contribution >= 0.6 is 11.8 Å². The van der Waals surface area contributed by atoms with E-state index in [-0.39, 0.29) is 5.39 Å². The summed E-state index contributed by atoms with van der Waals surface area (Å²) in [5, 5.41) is 0.141. The Bertz CT molecular complexity index is 909. The summed E-state index contributed by atoms with van der Waals surface area (Å²) in [6.07, 6.45) is -4.24. The number of hydrogen-bond donors (Lipinski definition) is 1. The predicted molar refractivity (Wildman–Crippen MR) is 90.1 cm³/mol. The third-order valence-corrected chi connectivity index (χ3v) is 4.44. The summed E-state index contributed by atoms with van der Waals surface area (Å²) >= 11 is 1.39. The summed E-state index contributed by atoms with van der Waals surface area (Å²) in [5.41, 5.74) is 4.50. The number of ether oxygens (including phenoxy) is 1. The second kappa shape index (κ2) is 7.92. The number of aromatic nitrogens is 1. The van der Waals surface area contributed by atoms with E-state index in [9.17, 15) is 27.6 Å². The van der Waals surface area contributed by atoms with Crippen LogP contribution in [-0.2, 0) is 16.1 Å². The van der Waals surface area contributed by atoms with Crippen LogP contribution < -0.4 is 11.2 Å². The fraction of sp³-hybridized carbons (Fsp3) is 0.312. The number of carbonyl (C=O) groups is 2. The standard InChI is InChI=1S/C16H15F3N2O4S/c1-2-21-8-11(14(23)25-15(24)16(17,18)19)13(22)10-7-9(26-6-5-20)3-4-12(10)21/h3-4,7-8H,2,5-6,20H2,1H3. The van der Waals surface area contributed by atoms with Crippen molar-refractivity contribution in [3.05, 3.63) is 40.2 Å². The molecular formula is C16H15F3N2O4S. The Balaban J connectivity index is 2.53. The highest BCUT2D eigenvalue weighted by molar-refractivity contribution is 7.99. The summed E-state index contributed by atoms with van der Waals surface area (Å²) in [4.78, 5) is 36.0. The van der Waals surface area contributed by atoms with E-state index in [0.29, 0.717) is 24.4 Å². The van der Waals surface area contributed by atoms with Gasteiger partial charge >= 0.3 is 18.1 Å². The Hall–Kier alpha value is -2.33. The van der Waals surface area contributed by atoms with Gasteiger partial charge in [-0.15, -0.1) is 11.8 Å². The van der Waals surface area contributed by atoms with Crippen molar-refractivity contribution in [2.45, 2.75) is 24.5 Å². The van der Waals surface area contributed by atoms with Crippen molar-refractivity contribution in [3.63, 3.8) is 0 Å². The van der Waals surface area contributed by atoms with Gasteiger partial charge in [0.15, 0.2) is 0 Å². The number of halogens is 3. The van der Waals surface area contributed by atoms with Crippen molar-refractivity contribution in [3.8, 4) is 0 Å². The second-order valence-electron chi connectivity index (χ2n) is 5.15. The van der Waals surface area contributed by atoms with Gasteiger partial charge < -0.3 is 15.0 Å². The number of fused-ring (bicyclic) bond motifs is 1. The maximum atomic E-state index is 12.6. The first-order chi connectivity index (χ1) is 12.2. The van der Waals surface area contributed by atoms with Gasteiger partial charge in [-0.25, -0.2) is 9.59 Å². The topological polar surface area (TPSA) is 91.4 Å². The van der Waals surface area contributed by atoms with Gasteiger partial charge in [0, 0.05) is 35.3 Å². The number of esters is 2. The molecule has 0 unspecified atom stereocenters. The Morgan fingerprint density at radius 3 is 2.58 bits per heavy atom. The number of rotatable bonds is 5. The first kappa shape index (κ1) is 20.0. The number of nitrogens with two attached hydrogens (primary N) is 1. The van der Waals surface area contributed by atoms with Crippen molar-refractivity contribution in [1.29, 1.82) is 0 Å². The van der Waals surface area contributed by atoms with Crippen LogP contribution in [0.5, 0.6) is 0 Å². The fourth-order valence-corrected chi connectivity index (χ4v) is 2.97. The van der Waals surface area contributed by atoms with Crippen molar-refractivity contribution in [2.75, 3.05) is 12.3 Å². The molecule has 0 atom stereocenters. The molecule has 1 aromatic carbocycles. The molecule has 26 heavy (non-hydrogen) atoms. The Morgan fingerprint density at radius 1 is 1.31 bits per heavy atom. The van der Waals surface area contributed by atoms with Gasteiger partial charge in [0.25, 0.3) is 0 Å². The Kier molecular flexibility index (Phi) is 6.09. The molecule has 0 radical (unpaired) electrons. The van der Waals surface area contributed by atoms with Gasteiger partial charge in [-0.1, -0.05) is 0 Å². The molecule has 6 nitrogen and oxygen atoms in total. The predicted octanol–water partition coefficient (Wildman–Crippen LogP) is 2.32. The first-order valence-corrected chi connectivity index (χ1v) is 8.51. The molecule has 0 spiro atoms. The molecule has 2 rings (SSSR count). The average Bonchev–Trinajstić information content (AvgIpc) is 2.59. The van der Waals surface area contributed by atoms with Crippen molar-refractivity contribution in [2.24, 2.45) is 5.73 Å². The minimum absolute atomic E-state index is 0.141.